The largest absolute Gasteiger partial charge is 0.375 e. The first-order valence-corrected chi connectivity index (χ1v) is 5.98. The Balaban J connectivity index is 2.34. The van der Waals surface area contributed by atoms with Crippen molar-refractivity contribution < 1.29 is 17.7 Å². The molecule has 0 spiro atoms. The first-order chi connectivity index (χ1) is 5.79. The van der Waals surface area contributed by atoms with Crippen LogP contribution in [0.1, 0.15) is 26.7 Å². The summed E-state index contributed by atoms with van der Waals surface area (Å²) in [6, 6.07) is 0. The van der Waals surface area contributed by atoms with Gasteiger partial charge in [0.25, 0.3) is 10.1 Å². The first-order valence-electron chi connectivity index (χ1n) is 4.38. The molecular weight excluding hydrogens is 192 g/mol. The van der Waals surface area contributed by atoms with Crippen molar-refractivity contribution >= 4 is 10.1 Å². The van der Waals surface area contributed by atoms with Gasteiger partial charge in [-0.2, -0.15) is 8.42 Å². The van der Waals surface area contributed by atoms with Crippen LogP contribution in [0.5, 0.6) is 0 Å². The van der Waals surface area contributed by atoms with Gasteiger partial charge in [0, 0.05) is 0 Å². The van der Waals surface area contributed by atoms with Crippen LogP contribution in [0.4, 0.5) is 0 Å². The molecule has 1 fully saturated rings. The summed E-state index contributed by atoms with van der Waals surface area (Å²) in [6.07, 6.45) is 1.35. The highest BCUT2D eigenvalue weighted by Crippen LogP contribution is 2.31. The molecule has 1 aliphatic rings. The topological polar surface area (TPSA) is 63.6 Å². The Morgan fingerprint density at radius 2 is 2.15 bits per heavy atom. The van der Waals surface area contributed by atoms with Crippen molar-refractivity contribution in [3.63, 3.8) is 0 Å². The summed E-state index contributed by atoms with van der Waals surface area (Å²) in [5.41, 5.74) is -0.135. The third kappa shape index (κ3) is 4.06. The van der Waals surface area contributed by atoms with Crippen molar-refractivity contribution in [1.82, 2.24) is 0 Å². The Morgan fingerprint density at radius 1 is 1.54 bits per heavy atom. The quantitative estimate of drug-likeness (QED) is 0.705. The zero-order chi connectivity index (χ0) is 10.1. The molecule has 0 aromatic heterocycles. The standard InChI is InChI=1S/C8H16O4S/c1-8(2)5-7(6-12-8)3-4-13(9,10)11/h7H,3-6H2,1-2H3,(H,9,10,11). The monoisotopic (exact) mass is 208 g/mol. The molecule has 4 nitrogen and oxygen atoms in total. The van der Waals surface area contributed by atoms with E-state index in [-0.39, 0.29) is 17.3 Å². The fourth-order valence-electron chi connectivity index (χ4n) is 1.66. The number of hydrogen-bond acceptors (Lipinski definition) is 3. The average Bonchev–Trinajstić information content (AvgIpc) is 2.24. The van der Waals surface area contributed by atoms with Crippen LogP contribution in [-0.4, -0.2) is 30.9 Å². The van der Waals surface area contributed by atoms with Crippen molar-refractivity contribution in [1.29, 1.82) is 0 Å². The summed E-state index contributed by atoms with van der Waals surface area (Å²) in [7, 11) is -3.80. The van der Waals surface area contributed by atoms with Gasteiger partial charge in [-0.3, -0.25) is 4.55 Å². The predicted molar refractivity (Wildman–Crippen MR) is 49.2 cm³/mol. The summed E-state index contributed by atoms with van der Waals surface area (Å²) in [5, 5.41) is 0. The SMILES string of the molecule is CC1(C)CC(CCS(=O)(=O)O)CO1. The van der Waals surface area contributed by atoms with Crippen molar-refractivity contribution in [2.45, 2.75) is 32.3 Å². The van der Waals surface area contributed by atoms with E-state index in [2.05, 4.69) is 0 Å². The molecule has 13 heavy (non-hydrogen) atoms. The minimum atomic E-state index is -3.80. The lowest BCUT2D eigenvalue weighted by molar-refractivity contribution is 0.0350. The lowest BCUT2D eigenvalue weighted by atomic mass is 9.96. The van der Waals surface area contributed by atoms with Gasteiger partial charge < -0.3 is 4.74 Å². The second-order valence-corrected chi connectivity index (χ2v) is 5.79. The number of hydrogen-bond donors (Lipinski definition) is 1. The Kier molecular flexibility index (Phi) is 2.99. The van der Waals surface area contributed by atoms with Gasteiger partial charge >= 0.3 is 0 Å². The van der Waals surface area contributed by atoms with Gasteiger partial charge in [-0.05, 0) is 32.6 Å². The molecule has 1 N–H and O–H groups in total. The molecular formula is C8H16O4S. The van der Waals surface area contributed by atoms with Crippen molar-refractivity contribution in [2.24, 2.45) is 5.92 Å². The maximum atomic E-state index is 10.5. The van der Waals surface area contributed by atoms with Gasteiger partial charge in [0.05, 0.1) is 18.0 Å². The molecule has 1 rings (SSSR count). The van der Waals surface area contributed by atoms with E-state index in [1.165, 1.54) is 0 Å². The van der Waals surface area contributed by atoms with E-state index in [0.717, 1.165) is 6.42 Å². The lowest BCUT2D eigenvalue weighted by Gasteiger charge is -2.15. The van der Waals surface area contributed by atoms with Gasteiger partial charge in [0.1, 0.15) is 0 Å². The zero-order valence-corrected chi connectivity index (χ0v) is 8.80. The third-order valence-corrected chi connectivity index (χ3v) is 3.03. The Hall–Kier alpha value is -0.130. The molecule has 0 aromatic rings. The van der Waals surface area contributed by atoms with E-state index in [0.29, 0.717) is 13.0 Å². The van der Waals surface area contributed by atoms with Gasteiger partial charge in [-0.15, -0.1) is 0 Å². The van der Waals surface area contributed by atoms with Crippen molar-refractivity contribution in [3.8, 4) is 0 Å². The Morgan fingerprint density at radius 3 is 2.54 bits per heavy atom. The van der Waals surface area contributed by atoms with Crippen molar-refractivity contribution in [3.05, 3.63) is 0 Å². The second kappa shape index (κ2) is 3.55. The average molecular weight is 208 g/mol. The van der Waals surface area contributed by atoms with Crippen LogP contribution in [-0.2, 0) is 14.9 Å². The Bertz CT molecular complexity index is 268. The molecule has 0 aromatic carbocycles. The molecule has 1 heterocycles. The normalized spacial score (nSPS) is 27.8. The minimum absolute atomic E-state index is 0.135. The van der Waals surface area contributed by atoms with Gasteiger partial charge in [-0.1, -0.05) is 0 Å². The second-order valence-electron chi connectivity index (χ2n) is 4.22. The van der Waals surface area contributed by atoms with Crippen LogP contribution in [0.2, 0.25) is 0 Å². The molecule has 1 unspecified atom stereocenters. The van der Waals surface area contributed by atoms with Gasteiger partial charge in [0.2, 0.25) is 0 Å². The predicted octanol–water partition coefficient (Wildman–Crippen LogP) is 1.08. The summed E-state index contributed by atoms with van der Waals surface area (Å²) in [6.45, 7) is 4.57. The molecule has 78 valence electrons. The molecule has 0 radical (unpaired) electrons. The smallest absolute Gasteiger partial charge is 0.264 e. The van der Waals surface area contributed by atoms with E-state index >= 15 is 0 Å². The molecule has 0 bridgehead atoms. The first kappa shape index (κ1) is 10.9. The molecule has 5 heteroatoms. The fraction of sp³-hybridized carbons (Fsp3) is 1.00. The molecule has 1 atom stereocenters. The van der Waals surface area contributed by atoms with Crippen molar-refractivity contribution in [2.75, 3.05) is 12.4 Å². The third-order valence-electron chi connectivity index (χ3n) is 2.27. The molecule has 0 amide bonds. The van der Waals surface area contributed by atoms with E-state index in [4.69, 9.17) is 9.29 Å². The highest BCUT2D eigenvalue weighted by Gasteiger charge is 2.32. The summed E-state index contributed by atoms with van der Waals surface area (Å²) >= 11 is 0. The fourth-order valence-corrected chi connectivity index (χ4v) is 2.29. The highest BCUT2D eigenvalue weighted by molar-refractivity contribution is 7.85. The Labute approximate surface area is 79.0 Å². The molecule has 1 aliphatic heterocycles. The summed E-state index contributed by atoms with van der Waals surface area (Å²) in [5.74, 6) is 0.105. The maximum Gasteiger partial charge on any atom is 0.264 e. The number of rotatable bonds is 3. The maximum absolute atomic E-state index is 10.5. The zero-order valence-electron chi connectivity index (χ0n) is 7.99. The van der Waals surface area contributed by atoms with E-state index in [9.17, 15) is 8.42 Å². The molecule has 0 aliphatic carbocycles. The molecule has 1 saturated heterocycles. The highest BCUT2D eigenvalue weighted by atomic mass is 32.2. The van der Waals surface area contributed by atoms with Crippen LogP contribution < -0.4 is 0 Å². The van der Waals surface area contributed by atoms with Crippen LogP contribution in [0.25, 0.3) is 0 Å². The van der Waals surface area contributed by atoms with Gasteiger partial charge in [0.15, 0.2) is 0 Å². The van der Waals surface area contributed by atoms with Crippen LogP contribution in [0, 0.1) is 5.92 Å². The van der Waals surface area contributed by atoms with E-state index in [1.54, 1.807) is 0 Å². The van der Waals surface area contributed by atoms with Crippen LogP contribution in [0.15, 0.2) is 0 Å². The minimum Gasteiger partial charge on any atom is -0.375 e. The summed E-state index contributed by atoms with van der Waals surface area (Å²) < 4.78 is 34.9. The van der Waals surface area contributed by atoms with Gasteiger partial charge in [-0.25, -0.2) is 0 Å². The van der Waals surface area contributed by atoms with Crippen LogP contribution >= 0.6 is 0 Å². The number of ether oxygens (including phenoxy) is 1. The molecule has 0 saturated carbocycles. The van der Waals surface area contributed by atoms with E-state index < -0.39 is 10.1 Å². The van der Waals surface area contributed by atoms with E-state index in [1.807, 2.05) is 13.8 Å². The summed E-state index contributed by atoms with van der Waals surface area (Å²) in [4.78, 5) is 0. The van der Waals surface area contributed by atoms with Crippen LogP contribution in [0.3, 0.4) is 0 Å². The lowest BCUT2D eigenvalue weighted by Crippen LogP contribution is -2.17.